The van der Waals surface area contributed by atoms with Crippen LogP contribution in [0.3, 0.4) is 0 Å². The number of nitrogens with two attached hydrogens (primary N) is 2. The van der Waals surface area contributed by atoms with Crippen LogP contribution in [0.5, 0.6) is 0 Å². The molecule has 0 radical (unpaired) electrons. The molecular weight excluding hydrogens is 524 g/mol. The normalized spacial score (nSPS) is 15.1. The van der Waals surface area contributed by atoms with Crippen molar-refractivity contribution in [2.45, 2.75) is 69.3 Å². The number of aliphatic hydroxyl groups excluding tert-OH is 1. The zero-order valence-corrected chi connectivity index (χ0v) is 23.1. The average Bonchev–Trinajstić information content (AvgIpc) is 3.31. The van der Waals surface area contributed by atoms with Crippen molar-refractivity contribution in [2.75, 3.05) is 18.6 Å². The number of hydrogen-bond acceptors (Lipinski definition) is 8. The summed E-state index contributed by atoms with van der Waals surface area (Å²) in [5, 5.41) is 28.1. The van der Waals surface area contributed by atoms with E-state index in [0.29, 0.717) is 25.1 Å². The minimum absolute atomic E-state index is 0.175. The molecule has 216 valence electrons. The maximum atomic E-state index is 13.2. The van der Waals surface area contributed by atoms with E-state index in [4.69, 9.17) is 11.5 Å². The van der Waals surface area contributed by atoms with Gasteiger partial charge in [-0.25, -0.2) is 4.79 Å². The van der Waals surface area contributed by atoms with E-state index >= 15 is 0 Å². The van der Waals surface area contributed by atoms with Gasteiger partial charge in [0.1, 0.15) is 18.1 Å². The molecule has 12 nitrogen and oxygen atoms in total. The number of aromatic amines is 1. The molecule has 1 heterocycles. The van der Waals surface area contributed by atoms with Gasteiger partial charge in [-0.1, -0.05) is 18.2 Å². The van der Waals surface area contributed by atoms with Crippen LogP contribution in [0.1, 0.15) is 38.2 Å². The number of benzene rings is 1. The van der Waals surface area contributed by atoms with E-state index < -0.39 is 54.0 Å². The highest BCUT2D eigenvalue weighted by Gasteiger charge is 2.32. The van der Waals surface area contributed by atoms with Gasteiger partial charge in [0.05, 0.1) is 12.1 Å². The van der Waals surface area contributed by atoms with Gasteiger partial charge in [0, 0.05) is 17.1 Å². The van der Waals surface area contributed by atoms with Crippen LogP contribution >= 0.6 is 11.8 Å². The maximum absolute atomic E-state index is 13.2. The summed E-state index contributed by atoms with van der Waals surface area (Å²) < 4.78 is 0. The van der Waals surface area contributed by atoms with Crippen LogP contribution in [0.15, 0.2) is 30.5 Å². The Labute approximate surface area is 232 Å². The number of amides is 3. The SMILES string of the molecule is CSCCC(NC(=O)C(NC(=O)C(CCCCN)NC(=O)C(N)Cc1c[nH]c2ccccc12)C(C)O)C(=O)O. The lowest BCUT2D eigenvalue weighted by Crippen LogP contribution is -2.60. The summed E-state index contributed by atoms with van der Waals surface area (Å²) in [6.45, 7) is 1.70. The molecule has 2 rings (SSSR count). The molecule has 3 amide bonds. The van der Waals surface area contributed by atoms with Gasteiger partial charge in [-0.05, 0) is 69.2 Å². The van der Waals surface area contributed by atoms with Gasteiger partial charge in [-0.2, -0.15) is 11.8 Å². The Morgan fingerprint density at radius 3 is 2.33 bits per heavy atom. The van der Waals surface area contributed by atoms with Crippen LogP contribution in [0.25, 0.3) is 10.9 Å². The summed E-state index contributed by atoms with van der Waals surface area (Å²) in [4.78, 5) is 53.7. The number of thioether (sulfide) groups is 1. The highest BCUT2D eigenvalue weighted by Crippen LogP contribution is 2.19. The molecule has 39 heavy (non-hydrogen) atoms. The molecule has 0 fully saturated rings. The van der Waals surface area contributed by atoms with Gasteiger partial charge in [0.25, 0.3) is 0 Å². The first-order valence-electron chi connectivity index (χ1n) is 12.9. The Hall–Kier alpha value is -3.13. The third-order valence-electron chi connectivity index (χ3n) is 6.32. The van der Waals surface area contributed by atoms with E-state index in [1.807, 2.05) is 30.5 Å². The van der Waals surface area contributed by atoms with Crippen molar-refractivity contribution in [1.82, 2.24) is 20.9 Å². The van der Waals surface area contributed by atoms with E-state index in [1.54, 1.807) is 6.20 Å². The molecule has 2 aromatic rings. The number of fused-ring (bicyclic) bond motifs is 1. The third kappa shape index (κ3) is 9.84. The lowest BCUT2D eigenvalue weighted by Gasteiger charge is -2.26. The number of aliphatic hydroxyl groups is 1. The molecule has 13 heteroatoms. The number of aliphatic carboxylic acids is 1. The number of unbranched alkanes of at least 4 members (excludes halogenated alkanes) is 1. The number of H-pyrrole nitrogens is 1. The van der Waals surface area contributed by atoms with Gasteiger partial charge >= 0.3 is 5.97 Å². The van der Waals surface area contributed by atoms with Crippen molar-refractivity contribution in [2.24, 2.45) is 11.5 Å². The second-order valence-electron chi connectivity index (χ2n) is 9.42. The number of carbonyl (C=O) groups excluding carboxylic acids is 3. The lowest BCUT2D eigenvalue weighted by molar-refractivity contribution is -0.143. The number of rotatable bonds is 17. The fourth-order valence-electron chi connectivity index (χ4n) is 4.08. The predicted molar refractivity (Wildman–Crippen MR) is 151 cm³/mol. The lowest BCUT2D eigenvalue weighted by atomic mass is 10.0. The average molecular weight is 565 g/mol. The number of carbonyl (C=O) groups is 4. The highest BCUT2D eigenvalue weighted by atomic mass is 32.2. The summed E-state index contributed by atoms with van der Waals surface area (Å²) >= 11 is 1.43. The molecule has 0 bridgehead atoms. The maximum Gasteiger partial charge on any atom is 0.326 e. The minimum Gasteiger partial charge on any atom is -0.480 e. The van der Waals surface area contributed by atoms with Crippen molar-refractivity contribution in [3.63, 3.8) is 0 Å². The summed E-state index contributed by atoms with van der Waals surface area (Å²) in [6, 6.07) is 3.03. The Bertz CT molecular complexity index is 1110. The number of nitrogens with one attached hydrogen (secondary N) is 4. The predicted octanol–water partition coefficient (Wildman–Crippen LogP) is -0.160. The van der Waals surface area contributed by atoms with Crippen LogP contribution in [-0.4, -0.2) is 87.7 Å². The second kappa shape index (κ2) is 16.1. The molecule has 5 unspecified atom stereocenters. The van der Waals surface area contributed by atoms with E-state index in [0.717, 1.165) is 16.5 Å². The Balaban J connectivity index is 2.10. The van der Waals surface area contributed by atoms with Crippen LogP contribution in [0, 0.1) is 0 Å². The Morgan fingerprint density at radius 1 is 1.00 bits per heavy atom. The van der Waals surface area contributed by atoms with Crippen LogP contribution in [0.2, 0.25) is 0 Å². The first kappa shape index (κ1) is 32.1. The third-order valence-corrected chi connectivity index (χ3v) is 6.96. The first-order chi connectivity index (χ1) is 18.6. The van der Waals surface area contributed by atoms with Gasteiger partial charge in [0.2, 0.25) is 17.7 Å². The monoisotopic (exact) mass is 564 g/mol. The van der Waals surface area contributed by atoms with Gasteiger partial charge in [-0.15, -0.1) is 0 Å². The largest absolute Gasteiger partial charge is 0.480 e. The van der Waals surface area contributed by atoms with Crippen LogP contribution in [-0.2, 0) is 25.6 Å². The first-order valence-corrected chi connectivity index (χ1v) is 14.3. The zero-order chi connectivity index (χ0) is 28.9. The topological polar surface area (TPSA) is 213 Å². The number of hydrogen-bond donors (Lipinski definition) is 8. The molecule has 0 saturated carbocycles. The van der Waals surface area contributed by atoms with E-state index in [1.165, 1.54) is 18.7 Å². The van der Waals surface area contributed by atoms with E-state index in [9.17, 15) is 29.4 Å². The van der Waals surface area contributed by atoms with Crippen LogP contribution in [0.4, 0.5) is 0 Å². The molecule has 0 spiro atoms. The summed E-state index contributed by atoms with van der Waals surface area (Å²) in [7, 11) is 0. The fourth-order valence-corrected chi connectivity index (χ4v) is 4.56. The molecule has 0 saturated heterocycles. The molecule has 1 aromatic carbocycles. The smallest absolute Gasteiger partial charge is 0.326 e. The molecule has 10 N–H and O–H groups in total. The Kier molecular flexibility index (Phi) is 13.2. The summed E-state index contributed by atoms with van der Waals surface area (Å²) in [5.41, 5.74) is 13.5. The number of carboxylic acids is 1. The van der Waals surface area contributed by atoms with Crippen molar-refractivity contribution >= 4 is 46.4 Å². The van der Waals surface area contributed by atoms with Crippen molar-refractivity contribution < 1.29 is 29.4 Å². The second-order valence-corrected chi connectivity index (χ2v) is 10.4. The standard InChI is InChI=1S/C26H40N6O6S/c1-15(33)22(25(36)31-21(26(37)38)10-12-39-2)32-24(35)20(9-5-6-11-27)30-23(34)18(28)13-16-14-29-19-8-4-3-7-17(16)19/h3-4,7-8,14-15,18,20-22,29,33H,5-6,9-13,27-28H2,1-2H3,(H,30,34)(H,31,36)(H,32,35)(H,37,38). The molecule has 5 atom stereocenters. The molecule has 0 aliphatic rings. The minimum atomic E-state index is -1.43. The van der Waals surface area contributed by atoms with Crippen LogP contribution < -0.4 is 27.4 Å². The quantitative estimate of drug-likeness (QED) is 0.120. The van der Waals surface area contributed by atoms with Gasteiger partial charge < -0.3 is 42.6 Å². The summed E-state index contributed by atoms with van der Waals surface area (Å²) in [6.07, 6.45) is 4.05. The Morgan fingerprint density at radius 2 is 1.69 bits per heavy atom. The van der Waals surface area contributed by atoms with Gasteiger partial charge in [0.15, 0.2) is 0 Å². The zero-order valence-electron chi connectivity index (χ0n) is 22.3. The number of carboxylic acid groups (broad SMARTS) is 1. The highest BCUT2D eigenvalue weighted by molar-refractivity contribution is 7.98. The number of para-hydroxylation sites is 1. The van der Waals surface area contributed by atoms with Crippen molar-refractivity contribution in [3.8, 4) is 0 Å². The molecular formula is C26H40N6O6S. The molecule has 0 aliphatic carbocycles. The van der Waals surface area contributed by atoms with E-state index in [2.05, 4.69) is 20.9 Å². The fraction of sp³-hybridized carbons (Fsp3) is 0.538. The number of aromatic nitrogens is 1. The van der Waals surface area contributed by atoms with Gasteiger partial charge in [-0.3, -0.25) is 14.4 Å². The van der Waals surface area contributed by atoms with E-state index in [-0.39, 0.29) is 19.3 Å². The van der Waals surface area contributed by atoms with Crippen molar-refractivity contribution in [1.29, 1.82) is 0 Å². The van der Waals surface area contributed by atoms with Crippen molar-refractivity contribution in [3.05, 3.63) is 36.0 Å². The summed E-state index contributed by atoms with van der Waals surface area (Å²) in [5.74, 6) is -2.80. The molecule has 1 aromatic heterocycles. The molecule has 0 aliphatic heterocycles.